The fraction of sp³-hybridized carbons (Fsp3) is 0.467. The molecule has 8 heteroatoms. The number of pyridine rings is 1. The van der Waals surface area contributed by atoms with Crippen molar-refractivity contribution >= 4 is 23.6 Å². The lowest BCUT2D eigenvalue weighted by Gasteiger charge is -2.07. The first-order valence-electron chi connectivity index (χ1n) is 7.39. The molecule has 1 aromatic rings. The van der Waals surface area contributed by atoms with Crippen LogP contribution in [0.15, 0.2) is 18.3 Å². The molecular formula is C15H22N4O4. The summed E-state index contributed by atoms with van der Waals surface area (Å²) >= 11 is 0. The van der Waals surface area contributed by atoms with Gasteiger partial charge in [0, 0.05) is 25.7 Å². The normalized spacial score (nSPS) is 9.96. The van der Waals surface area contributed by atoms with Gasteiger partial charge in [-0.05, 0) is 31.0 Å². The number of carbonyl (C=O) groups excluding carboxylic acids is 2. The number of carboxylic acids is 1. The highest BCUT2D eigenvalue weighted by Crippen LogP contribution is 2.05. The van der Waals surface area contributed by atoms with Crippen molar-refractivity contribution in [3.63, 3.8) is 0 Å². The SMILES string of the molecule is Cc1ccnc(NCCCC(=O)NCC(=O)NCCC(=O)O)c1. The van der Waals surface area contributed by atoms with Crippen molar-refractivity contribution < 1.29 is 19.5 Å². The van der Waals surface area contributed by atoms with Crippen LogP contribution in [0.1, 0.15) is 24.8 Å². The highest BCUT2D eigenvalue weighted by molar-refractivity contribution is 5.84. The summed E-state index contributed by atoms with van der Waals surface area (Å²) in [5, 5.41) is 16.4. The molecule has 0 unspecified atom stereocenters. The minimum Gasteiger partial charge on any atom is -0.481 e. The minimum absolute atomic E-state index is 0.0530. The van der Waals surface area contributed by atoms with E-state index in [-0.39, 0.29) is 25.4 Å². The average molecular weight is 322 g/mol. The highest BCUT2D eigenvalue weighted by Gasteiger charge is 2.06. The number of hydrogen-bond donors (Lipinski definition) is 4. The summed E-state index contributed by atoms with van der Waals surface area (Å²) in [7, 11) is 0. The molecule has 0 saturated carbocycles. The minimum atomic E-state index is -0.982. The third-order valence-electron chi connectivity index (χ3n) is 2.91. The molecule has 0 atom stereocenters. The Bertz CT molecular complexity index is 548. The van der Waals surface area contributed by atoms with Gasteiger partial charge in [0.15, 0.2) is 0 Å². The van der Waals surface area contributed by atoms with Gasteiger partial charge < -0.3 is 21.1 Å². The van der Waals surface area contributed by atoms with Gasteiger partial charge in [-0.3, -0.25) is 14.4 Å². The maximum Gasteiger partial charge on any atom is 0.305 e. The molecule has 1 aromatic heterocycles. The van der Waals surface area contributed by atoms with E-state index in [1.165, 1.54) is 0 Å². The Labute approximate surface area is 134 Å². The van der Waals surface area contributed by atoms with Crippen LogP contribution < -0.4 is 16.0 Å². The van der Waals surface area contributed by atoms with Crippen molar-refractivity contribution in [2.45, 2.75) is 26.2 Å². The summed E-state index contributed by atoms with van der Waals surface area (Å²) in [6.07, 6.45) is 2.48. The first-order valence-corrected chi connectivity index (χ1v) is 7.39. The summed E-state index contributed by atoms with van der Waals surface area (Å²) in [5.41, 5.74) is 1.11. The number of aliphatic carboxylic acids is 1. The zero-order chi connectivity index (χ0) is 17.1. The van der Waals surface area contributed by atoms with Crippen molar-refractivity contribution in [3.8, 4) is 0 Å². The Morgan fingerprint density at radius 2 is 1.91 bits per heavy atom. The topological polar surface area (TPSA) is 120 Å². The Kier molecular flexibility index (Phi) is 8.12. The van der Waals surface area contributed by atoms with Crippen molar-refractivity contribution in [1.29, 1.82) is 0 Å². The van der Waals surface area contributed by atoms with Gasteiger partial charge >= 0.3 is 5.97 Å². The molecular weight excluding hydrogens is 300 g/mol. The molecule has 8 nitrogen and oxygen atoms in total. The van der Waals surface area contributed by atoms with E-state index in [0.29, 0.717) is 19.4 Å². The van der Waals surface area contributed by atoms with E-state index >= 15 is 0 Å². The number of anilines is 1. The number of nitrogens with zero attached hydrogens (tertiary/aromatic N) is 1. The number of carboxylic acid groups (broad SMARTS) is 1. The van der Waals surface area contributed by atoms with Gasteiger partial charge in [0.1, 0.15) is 5.82 Å². The number of carbonyl (C=O) groups is 3. The summed E-state index contributed by atoms with van der Waals surface area (Å²) in [6.45, 7) is 2.49. The first kappa shape index (κ1) is 18.4. The van der Waals surface area contributed by atoms with Crippen LogP contribution in [0.5, 0.6) is 0 Å². The van der Waals surface area contributed by atoms with E-state index in [0.717, 1.165) is 11.4 Å². The van der Waals surface area contributed by atoms with Crippen LogP contribution in [0.2, 0.25) is 0 Å². The van der Waals surface area contributed by atoms with Crippen LogP contribution in [0.3, 0.4) is 0 Å². The lowest BCUT2D eigenvalue weighted by atomic mass is 10.2. The van der Waals surface area contributed by atoms with Crippen molar-refractivity contribution in [2.75, 3.05) is 25.0 Å². The third-order valence-corrected chi connectivity index (χ3v) is 2.91. The van der Waals surface area contributed by atoms with Crippen LogP contribution >= 0.6 is 0 Å². The number of aromatic nitrogens is 1. The molecule has 23 heavy (non-hydrogen) atoms. The van der Waals surface area contributed by atoms with Gasteiger partial charge in [-0.25, -0.2) is 4.98 Å². The quantitative estimate of drug-likeness (QED) is 0.460. The van der Waals surface area contributed by atoms with Gasteiger partial charge in [-0.2, -0.15) is 0 Å². The standard InChI is InChI=1S/C15H22N4O4/c1-11-4-7-17-12(9-11)16-6-2-3-13(20)19-10-14(21)18-8-5-15(22)23/h4,7,9H,2-3,5-6,8,10H2,1H3,(H,16,17)(H,18,21)(H,19,20)(H,22,23). The predicted molar refractivity (Wildman–Crippen MR) is 85.0 cm³/mol. The van der Waals surface area contributed by atoms with E-state index in [1.807, 2.05) is 19.1 Å². The van der Waals surface area contributed by atoms with Crippen LogP contribution in [0.25, 0.3) is 0 Å². The second-order valence-electron chi connectivity index (χ2n) is 5.02. The molecule has 0 aliphatic carbocycles. The third kappa shape index (κ3) is 9.07. The molecule has 4 N–H and O–H groups in total. The van der Waals surface area contributed by atoms with Crippen LogP contribution in [0, 0.1) is 6.92 Å². The van der Waals surface area contributed by atoms with Gasteiger partial charge in [-0.15, -0.1) is 0 Å². The molecule has 0 bridgehead atoms. The molecule has 0 aliphatic rings. The summed E-state index contributed by atoms with van der Waals surface area (Å²) in [4.78, 5) is 37.3. The zero-order valence-electron chi connectivity index (χ0n) is 13.1. The van der Waals surface area contributed by atoms with Gasteiger partial charge in [0.05, 0.1) is 13.0 Å². The van der Waals surface area contributed by atoms with E-state index in [9.17, 15) is 14.4 Å². The largest absolute Gasteiger partial charge is 0.481 e. The predicted octanol–water partition coefficient (Wildman–Crippen LogP) is 0.289. The van der Waals surface area contributed by atoms with Crippen molar-refractivity contribution in [3.05, 3.63) is 23.9 Å². The van der Waals surface area contributed by atoms with E-state index in [4.69, 9.17) is 5.11 Å². The zero-order valence-corrected chi connectivity index (χ0v) is 13.1. The summed E-state index contributed by atoms with van der Waals surface area (Å²) < 4.78 is 0. The Balaban J connectivity index is 2.08. The molecule has 0 aromatic carbocycles. The molecule has 2 amide bonds. The summed E-state index contributed by atoms with van der Waals surface area (Å²) in [6, 6.07) is 3.82. The summed E-state index contributed by atoms with van der Waals surface area (Å²) in [5.74, 6) is -0.841. The van der Waals surface area contributed by atoms with E-state index in [2.05, 4.69) is 20.9 Å². The fourth-order valence-corrected chi connectivity index (χ4v) is 1.74. The van der Waals surface area contributed by atoms with E-state index in [1.54, 1.807) is 6.20 Å². The molecule has 0 radical (unpaired) electrons. The fourth-order valence-electron chi connectivity index (χ4n) is 1.74. The average Bonchev–Trinajstić information content (AvgIpc) is 2.49. The van der Waals surface area contributed by atoms with Crippen LogP contribution in [0.4, 0.5) is 5.82 Å². The Hall–Kier alpha value is -2.64. The Morgan fingerprint density at radius 3 is 2.61 bits per heavy atom. The molecule has 0 fully saturated rings. The monoisotopic (exact) mass is 322 g/mol. The van der Waals surface area contributed by atoms with E-state index < -0.39 is 11.9 Å². The lowest BCUT2D eigenvalue weighted by molar-refractivity contribution is -0.137. The van der Waals surface area contributed by atoms with Gasteiger partial charge in [0.25, 0.3) is 0 Å². The maximum absolute atomic E-state index is 11.6. The molecule has 1 rings (SSSR count). The molecule has 1 heterocycles. The van der Waals surface area contributed by atoms with Crippen molar-refractivity contribution in [2.24, 2.45) is 0 Å². The number of aryl methyl sites for hydroxylation is 1. The molecule has 0 spiro atoms. The smallest absolute Gasteiger partial charge is 0.305 e. The molecule has 0 aliphatic heterocycles. The number of hydrogen-bond acceptors (Lipinski definition) is 5. The van der Waals surface area contributed by atoms with Crippen LogP contribution in [-0.2, 0) is 14.4 Å². The second kappa shape index (κ2) is 10.1. The molecule has 0 saturated heterocycles. The number of amides is 2. The maximum atomic E-state index is 11.6. The number of nitrogens with one attached hydrogen (secondary N) is 3. The van der Waals surface area contributed by atoms with Crippen molar-refractivity contribution in [1.82, 2.24) is 15.6 Å². The second-order valence-corrected chi connectivity index (χ2v) is 5.02. The molecule has 126 valence electrons. The Morgan fingerprint density at radius 1 is 1.13 bits per heavy atom. The van der Waals surface area contributed by atoms with Crippen LogP contribution in [-0.4, -0.2) is 47.5 Å². The first-order chi connectivity index (χ1) is 11.0. The number of rotatable bonds is 10. The highest BCUT2D eigenvalue weighted by atomic mass is 16.4. The lowest BCUT2D eigenvalue weighted by Crippen LogP contribution is -2.37. The van der Waals surface area contributed by atoms with Gasteiger partial charge in [-0.1, -0.05) is 0 Å². The van der Waals surface area contributed by atoms with Gasteiger partial charge in [0.2, 0.25) is 11.8 Å².